The molecule has 0 radical (unpaired) electrons. The Bertz CT molecular complexity index is 445. The van der Waals surface area contributed by atoms with Crippen LogP contribution in [0.3, 0.4) is 0 Å². The SMILES string of the molecule is CC(C)C(=O)N1CCC(CN2CCN(C(C)C)CC2C(F)(F)F)CC1. The zero-order chi connectivity index (χ0) is 18.8. The van der Waals surface area contributed by atoms with Gasteiger partial charge in [-0.1, -0.05) is 13.8 Å². The van der Waals surface area contributed by atoms with E-state index in [-0.39, 0.29) is 30.3 Å². The molecule has 0 bridgehead atoms. The van der Waals surface area contributed by atoms with E-state index in [0.717, 1.165) is 12.8 Å². The summed E-state index contributed by atoms with van der Waals surface area (Å²) < 4.78 is 40.6. The standard InChI is InChI=1S/C18H32F3N3O/c1-13(2)17(25)22-7-5-15(6-8-22)11-24-10-9-23(14(3)4)12-16(24)18(19,20)21/h13-16H,5-12H2,1-4H3. The van der Waals surface area contributed by atoms with E-state index in [9.17, 15) is 18.0 Å². The Kier molecular flexibility index (Phi) is 6.76. The highest BCUT2D eigenvalue weighted by Crippen LogP contribution is 2.30. The molecule has 0 saturated carbocycles. The Morgan fingerprint density at radius 1 is 1.04 bits per heavy atom. The number of hydrogen-bond acceptors (Lipinski definition) is 3. The van der Waals surface area contributed by atoms with Gasteiger partial charge in [-0.3, -0.25) is 14.6 Å². The highest BCUT2D eigenvalue weighted by molar-refractivity contribution is 5.78. The molecule has 146 valence electrons. The van der Waals surface area contributed by atoms with Gasteiger partial charge in [0, 0.05) is 51.2 Å². The van der Waals surface area contributed by atoms with Crippen molar-refractivity contribution in [3.63, 3.8) is 0 Å². The lowest BCUT2D eigenvalue weighted by Gasteiger charge is -2.45. The van der Waals surface area contributed by atoms with Gasteiger partial charge in [0.1, 0.15) is 6.04 Å². The van der Waals surface area contributed by atoms with E-state index in [1.807, 2.05) is 37.5 Å². The number of amides is 1. The lowest BCUT2D eigenvalue weighted by Crippen LogP contribution is -2.61. The van der Waals surface area contributed by atoms with Crippen LogP contribution < -0.4 is 0 Å². The fraction of sp³-hybridized carbons (Fsp3) is 0.944. The molecule has 2 fully saturated rings. The highest BCUT2D eigenvalue weighted by Gasteiger charge is 2.47. The van der Waals surface area contributed by atoms with E-state index < -0.39 is 12.2 Å². The van der Waals surface area contributed by atoms with Gasteiger partial charge in [0.05, 0.1) is 0 Å². The minimum atomic E-state index is -4.19. The topological polar surface area (TPSA) is 26.8 Å². The van der Waals surface area contributed by atoms with Gasteiger partial charge in [-0.05, 0) is 32.6 Å². The summed E-state index contributed by atoms with van der Waals surface area (Å²) in [7, 11) is 0. The number of rotatable bonds is 4. The summed E-state index contributed by atoms with van der Waals surface area (Å²) in [6, 6.07) is -1.24. The van der Waals surface area contributed by atoms with E-state index in [0.29, 0.717) is 32.7 Å². The van der Waals surface area contributed by atoms with E-state index in [1.54, 1.807) is 4.90 Å². The molecule has 2 aliphatic heterocycles. The molecular weight excluding hydrogens is 331 g/mol. The van der Waals surface area contributed by atoms with Crippen LogP contribution in [0.25, 0.3) is 0 Å². The maximum absolute atomic E-state index is 13.5. The number of hydrogen-bond donors (Lipinski definition) is 0. The van der Waals surface area contributed by atoms with Crippen molar-refractivity contribution < 1.29 is 18.0 Å². The number of carbonyl (C=O) groups excluding carboxylic acids is 1. The van der Waals surface area contributed by atoms with Gasteiger partial charge in [-0.15, -0.1) is 0 Å². The van der Waals surface area contributed by atoms with Gasteiger partial charge in [0.15, 0.2) is 0 Å². The summed E-state index contributed by atoms with van der Waals surface area (Å²) >= 11 is 0. The molecule has 2 saturated heterocycles. The second-order valence-electron chi connectivity index (χ2n) is 8.06. The molecule has 2 aliphatic rings. The maximum Gasteiger partial charge on any atom is 0.405 e. The summed E-state index contributed by atoms with van der Waals surface area (Å²) in [6.07, 6.45) is -2.59. The van der Waals surface area contributed by atoms with Crippen LogP contribution in [0.15, 0.2) is 0 Å². The van der Waals surface area contributed by atoms with Crippen molar-refractivity contribution in [2.24, 2.45) is 11.8 Å². The molecule has 0 N–H and O–H groups in total. The van der Waals surface area contributed by atoms with Crippen LogP contribution in [0, 0.1) is 11.8 Å². The third-order valence-electron chi connectivity index (χ3n) is 5.54. The molecule has 0 aliphatic carbocycles. The number of nitrogens with zero attached hydrogens (tertiary/aromatic N) is 3. The maximum atomic E-state index is 13.5. The van der Waals surface area contributed by atoms with Crippen molar-refractivity contribution >= 4 is 5.91 Å². The smallest absolute Gasteiger partial charge is 0.342 e. The molecule has 0 aromatic heterocycles. The first-order valence-corrected chi connectivity index (χ1v) is 9.43. The van der Waals surface area contributed by atoms with Crippen molar-refractivity contribution in [3.05, 3.63) is 0 Å². The third-order valence-corrected chi connectivity index (χ3v) is 5.54. The lowest BCUT2D eigenvalue weighted by atomic mass is 9.94. The van der Waals surface area contributed by atoms with Crippen LogP contribution in [0.5, 0.6) is 0 Å². The molecule has 1 unspecified atom stereocenters. The van der Waals surface area contributed by atoms with Crippen molar-refractivity contribution in [3.8, 4) is 0 Å². The second kappa shape index (κ2) is 8.25. The Hall–Kier alpha value is -0.820. The summed E-state index contributed by atoms with van der Waals surface area (Å²) in [5, 5.41) is 0. The molecule has 0 spiro atoms. The molecule has 2 rings (SSSR count). The quantitative estimate of drug-likeness (QED) is 0.769. The second-order valence-corrected chi connectivity index (χ2v) is 8.06. The first kappa shape index (κ1) is 20.5. The summed E-state index contributed by atoms with van der Waals surface area (Å²) in [5.41, 5.74) is 0. The van der Waals surface area contributed by atoms with Crippen LogP contribution in [-0.4, -0.2) is 78.1 Å². The van der Waals surface area contributed by atoms with Crippen molar-refractivity contribution in [2.75, 3.05) is 39.3 Å². The third kappa shape index (κ3) is 5.33. The number of carbonyl (C=O) groups is 1. The van der Waals surface area contributed by atoms with Crippen LogP contribution >= 0.6 is 0 Å². The molecule has 7 heteroatoms. The van der Waals surface area contributed by atoms with E-state index in [1.165, 1.54) is 0 Å². The Balaban J connectivity index is 1.92. The van der Waals surface area contributed by atoms with Gasteiger partial charge in [-0.2, -0.15) is 13.2 Å². The van der Waals surface area contributed by atoms with Crippen LogP contribution in [0.4, 0.5) is 13.2 Å². The van der Waals surface area contributed by atoms with E-state index >= 15 is 0 Å². The predicted octanol–water partition coefficient (Wildman–Crippen LogP) is 2.84. The van der Waals surface area contributed by atoms with Crippen molar-refractivity contribution in [2.45, 2.75) is 58.8 Å². The fourth-order valence-electron chi connectivity index (χ4n) is 3.87. The molecule has 25 heavy (non-hydrogen) atoms. The number of piperazine rings is 1. The zero-order valence-corrected chi connectivity index (χ0v) is 15.9. The normalized spacial score (nSPS) is 25.2. The molecule has 0 aromatic rings. The Labute approximate surface area is 149 Å². The monoisotopic (exact) mass is 363 g/mol. The zero-order valence-electron chi connectivity index (χ0n) is 15.9. The molecule has 4 nitrogen and oxygen atoms in total. The summed E-state index contributed by atoms with van der Waals surface area (Å²) in [4.78, 5) is 17.4. The van der Waals surface area contributed by atoms with Crippen LogP contribution in [0.2, 0.25) is 0 Å². The number of likely N-dealkylation sites (tertiary alicyclic amines) is 1. The fourth-order valence-corrected chi connectivity index (χ4v) is 3.87. The van der Waals surface area contributed by atoms with Gasteiger partial charge in [0.2, 0.25) is 5.91 Å². The van der Waals surface area contributed by atoms with E-state index in [2.05, 4.69) is 0 Å². The first-order chi connectivity index (χ1) is 11.6. The van der Waals surface area contributed by atoms with Crippen LogP contribution in [0.1, 0.15) is 40.5 Å². The number of piperidine rings is 1. The van der Waals surface area contributed by atoms with Crippen molar-refractivity contribution in [1.82, 2.24) is 14.7 Å². The Morgan fingerprint density at radius 2 is 1.64 bits per heavy atom. The van der Waals surface area contributed by atoms with Gasteiger partial charge >= 0.3 is 6.18 Å². The lowest BCUT2D eigenvalue weighted by molar-refractivity contribution is -0.200. The molecular formula is C18H32F3N3O. The minimum absolute atomic E-state index is 0.0183. The van der Waals surface area contributed by atoms with E-state index in [4.69, 9.17) is 0 Å². The Morgan fingerprint density at radius 3 is 2.12 bits per heavy atom. The van der Waals surface area contributed by atoms with Gasteiger partial charge < -0.3 is 4.90 Å². The average molecular weight is 363 g/mol. The molecule has 0 aromatic carbocycles. The molecule has 1 amide bonds. The summed E-state index contributed by atoms with van der Waals surface area (Å²) in [6.45, 7) is 10.7. The minimum Gasteiger partial charge on any atom is -0.342 e. The first-order valence-electron chi connectivity index (χ1n) is 9.43. The predicted molar refractivity (Wildman–Crippen MR) is 92.3 cm³/mol. The highest BCUT2D eigenvalue weighted by atomic mass is 19.4. The number of alkyl halides is 3. The largest absolute Gasteiger partial charge is 0.405 e. The van der Waals surface area contributed by atoms with Crippen LogP contribution in [-0.2, 0) is 4.79 Å². The number of halogens is 3. The van der Waals surface area contributed by atoms with Gasteiger partial charge in [-0.25, -0.2) is 0 Å². The summed E-state index contributed by atoms with van der Waals surface area (Å²) in [5.74, 6) is 0.374. The molecule has 2 heterocycles. The van der Waals surface area contributed by atoms with Crippen molar-refractivity contribution in [1.29, 1.82) is 0 Å². The molecule has 1 atom stereocenters. The van der Waals surface area contributed by atoms with Gasteiger partial charge in [0.25, 0.3) is 0 Å². The average Bonchev–Trinajstić information content (AvgIpc) is 2.54.